The van der Waals surface area contributed by atoms with Crippen LogP contribution < -0.4 is 0 Å². The van der Waals surface area contributed by atoms with E-state index in [0.717, 1.165) is 11.5 Å². The van der Waals surface area contributed by atoms with Crippen molar-refractivity contribution in [1.82, 2.24) is 14.6 Å². The van der Waals surface area contributed by atoms with E-state index in [0.29, 0.717) is 10.2 Å². The summed E-state index contributed by atoms with van der Waals surface area (Å²) >= 11 is 0.957. The van der Waals surface area contributed by atoms with Crippen LogP contribution in [0.1, 0.15) is 17.0 Å². The molecule has 0 aromatic carbocycles. The minimum absolute atomic E-state index is 0.0955. The maximum atomic E-state index is 12.6. The van der Waals surface area contributed by atoms with Crippen LogP contribution in [0.5, 0.6) is 0 Å². The first-order chi connectivity index (χ1) is 6.91. The Kier molecular flexibility index (Phi) is 2.14. The van der Waals surface area contributed by atoms with Gasteiger partial charge in [-0.1, -0.05) is 4.49 Å². The lowest BCUT2D eigenvalue weighted by atomic mass is 10.2. The SMILES string of the molecule is Cc1nc(C(F)(F)F)c(C)c2snnc12. The summed E-state index contributed by atoms with van der Waals surface area (Å²) in [5, 5.41) is 3.74. The Balaban J connectivity index is 2.83. The molecule has 15 heavy (non-hydrogen) atoms. The quantitative estimate of drug-likeness (QED) is 0.702. The predicted molar refractivity (Wildman–Crippen MR) is 49.7 cm³/mol. The number of halogens is 3. The zero-order valence-electron chi connectivity index (χ0n) is 7.88. The molecule has 0 aliphatic carbocycles. The van der Waals surface area contributed by atoms with E-state index < -0.39 is 11.9 Å². The van der Waals surface area contributed by atoms with Crippen molar-refractivity contribution in [2.45, 2.75) is 20.0 Å². The van der Waals surface area contributed by atoms with Crippen LogP contribution in [0.4, 0.5) is 13.2 Å². The Morgan fingerprint density at radius 2 is 1.87 bits per heavy atom. The summed E-state index contributed by atoms with van der Waals surface area (Å²) in [6, 6.07) is 0. The molecule has 2 heterocycles. The van der Waals surface area contributed by atoms with Gasteiger partial charge in [-0.2, -0.15) is 13.2 Å². The lowest BCUT2D eigenvalue weighted by Gasteiger charge is -2.09. The molecule has 3 nitrogen and oxygen atoms in total. The van der Waals surface area contributed by atoms with Crippen molar-refractivity contribution in [2.75, 3.05) is 0 Å². The minimum Gasteiger partial charge on any atom is -0.246 e. The summed E-state index contributed by atoms with van der Waals surface area (Å²) < 4.78 is 41.8. The zero-order chi connectivity index (χ0) is 11.2. The highest BCUT2D eigenvalue weighted by Crippen LogP contribution is 2.34. The first-order valence-electron chi connectivity index (χ1n) is 4.07. The molecule has 0 aliphatic rings. The van der Waals surface area contributed by atoms with Crippen molar-refractivity contribution in [1.29, 1.82) is 0 Å². The van der Waals surface area contributed by atoms with Crippen LogP contribution in [0.3, 0.4) is 0 Å². The van der Waals surface area contributed by atoms with Gasteiger partial charge in [0.1, 0.15) is 11.2 Å². The molecule has 2 aromatic rings. The average molecular weight is 233 g/mol. The van der Waals surface area contributed by atoms with Crippen molar-refractivity contribution >= 4 is 21.7 Å². The number of pyridine rings is 1. The number of nitrogens with zero attached hydrogens (tertiary/aromatic N) is 3. The van der Waals surface area contributed by atoms with Gasteiger partial charge in [0, 0.05) is 5.56 Å². The predicted octanol–water partition coefficient (Wildman–Crippen LogP) is 2.72. The van der Waals surface area contributed by atoms with Crippen LogP contribution in [-0.2, 0) is 6.18 Å². The number of aryl methyl sites for hydroxylation is 2. The molecule has 0 aliphatic heterocycles. The molecular formula is C8H6F3N3S. The third-order valence-corrected chi connectivity index (χ3v) is 2.92. The summed E-state index contributed by atoms with van der Waals surface area (Å²) in [4.78, 5) is 3.52. The molecule has 2 aromatic heterocycles. The second-order valence-electron chi connectivity index (χ2n) is 3.12. The molecule has 0 saturated carbocycles. The van der Waals surface area contributed by atoms with Gasteiger partial charge in [-0.15, -0.1) is 5.10 Å². The minimum atomic E-state index is -4.42. The number of hydrogen-bond acceptors (Lipinski definition) is 4. The van der Waals surface area contributed by atoms with Crippen LogP contribution in [0.2, 0.25) is 0 Å². The average Bonchev–Trinajstić information content (AvgIpc) is 2.58. The molecule has 0 radical (unpaired) electrons. The Bertz CT molecular complexity index is 518. The van der Waals surface area contributed by atoms with Gasteiger partial charge in [-0.25, -0.2) is 4.98 Å². The van der Waals surface area contributed by atoms with Gasteiger partial charge in [-0.05, 0) is 25.4 Å². The van der Waals surface area contributed by atoms with Gasteiger partial charge in [0.05, 0.1) is 10.4 Å². The molecule has 0 saturated heterocycles. The van der Waals surface area contributed by atoms with Crippen molar-refractivity contribution in [2.24, 2.45) is 0 Å². The van der Waals surface area contributed by atoms with E-state index in [9.17, 15) is 13.2 Å². The van der Waals surface area contributed by atoms with E-state index in [1.54, 1.807) is 0 Å². The lowest BCUT2D eigenvalue weighted by molar-refractivity contribution is -0.141. The molecule has 0 bridgehead atoms. The fraction of sp³-hybridized carbons (Fsp3) is 0.375. The molecule has 80 valence electrons. The standard InChI is InChI=1S/C8H6F3N3S/c1-3-6-5(13-14-15-6)4(2)12-7(3)8(9,10)11/h1-2H3. The van der Waals surface area contributed by atoms with E-state index in [1.807, 2.05) is 0 Å². The normalized spacial score (nSPS) is 12.3. The molecule has 0 N–H and O–H groups in total. The number of aromatic nitrogens is 3. The van der Waals surface area contributed by atoms with Gasteiger partial charge in [0.2, 0.25) is 0 Å². The maximum Gasteiger partial charge on any atom is 0.433 e. The fourth-order valence-corrected chi connectivity index (χ4v) is 2.07. The van der Waals surface area contributed by atoms with Crippen LogP contribution in [-0.4, -0.2) is 14.6 Å². The van der Waals surface area contributed by atoms with E-state index in [-0.39, 0.29) is 11.3 Å². The summed E-state index contributed by atoms with van der Waals surface area (Å²) in [7, 11) is 0. The van der Waals surface area contributed by atoms with Crippen LogP contribution in [0, 0.1) is 13.8 Å². The number of alkyl halides is 3. The highest BCUT2D eigenvalue weighted by molar-refractivity contribution is 7.13. The molecule has 2 rings (SSSR count). The van der Waals surface area contributed by atoms with Crippen molar-refractivity contribution < 1.29 is 13.2 Å². The Morgan fingerprint density at radius 3 is 2.47 bits per heavy atom. The van der Waals surface area contributed by atoms with Crippen LogP contribution >= 0.6 is 11.5 Å². The number of rotatable bonds is 0. The highest BCUT2D eigenvalue weighted by Gasteiger charge is 2.36. The van der Waals surface area contributed by atoms with Crippen molar-refractivity contribution in [3.63, 3.8) is 0 Å². The second kappa shape index (κ2) is 3.13. The van der Waals surface area contributed by atoms with Crippen LogP contribution in [0.15, 0.2) is 0 Å². The summed E-state index contributed by atoms with van der Waals surface area (Å²) in [6.45, 7) is 2.88. The van der Waals surface area contributed by atoms with Gasteiger partial charge in [-0.3, -0.25) is 0 Å². The second-order valence-corrected chi connectivity index (χ2v) is 3.87. The summed E-state index contributed by atoms with van der Waals surface area (Å²) in [6.07, 6.45) is -4.42. The first kappa shape index (κ1) is 10.3. The van der Waals surface area contributed by atoms with Gasteiger partial charge in [0.15, 0.2) is 0 Å². The molecule has 0 spiro atoms. The molecule has 7 heteroatoms. The number of fused-ring (bicyclic) bond motifs is 1. The summed E-state index contributed by atoms with van der Waals surface area (Å²) in [5.74, 6) is 0. The van der Waals surface area contributed by atoms with E-state index in [4.69, 9.17) is 0 Å². The zero-order valence-corrected chi connectivity index (χ0v) is 8.70. The Morgan fingerprint density at radius 1 is 1.20 bits per heavy atom. The third-order valence-electron chi connectivity index (χ3n) is 2.07. The fourth-order valence-electron chi connectivity index (χ4n) is 1.36. The smallest absolute Gasteiger partial charge is 0.246 e. The van der Waals surface area contributed by atoms with E-state index in [1.165, 1.54) is 13.8 Å². The van der Waals surface area contributed by atoms with Crippen molar-refractivity contribution in [3.05, 3.63) is 17.0 Å². The monoisotopic (exact) mass is 233 g/mol. The third kappa shape index (κ3) is 1.56. The molecule has 0 amide bonds. The highest BCUT2D eigenvalue weighted by atomic mass is 32.1. The van der Waals surface area contributed by atoms with Gasteiger partial charge < -0.3 is 0 Å². The van der Waals surface area contributed by atoms with Crippen LogP contribution in [0.25, 0.3) is 10.2 Å². The lowest BCUT2D eigenvalue weighted by Crippen LogP contribution is -2.11. The maximum absolute atomic E-state index is 12.6. The Hall–Kier alpha value is -1.24. The van der Waals surface area contributed by atoms with E-state index >= 15 is 0 Å². The largest absolute Gasteiger partial charge is 0.433 e. The molecular weight excluding hydrogens is 227 g/mol. The van der Waals surface area contributed by atoms with Crippen molar-refractivity contribution in [3.8, 4) is 0 Å². The summed E-state index contributed by atoms with van der Waals surface area (Å²) in [5.41, 5.74) is -0.0428. The van der Waals surface area contributed by atoms with Gasteiger partial charge >= 0.3 is 6.18 Å². The molecule has 0 fully saturated rings. The molecule has 0 atom stereocenters. The number of hydrogen-bond donors (Lipinski definition) is 0. The Labute approximate surface area is 87.1 Å². The first-order valence-corrected chi connectivity index (χ1v) is 4.85. The molecule has 0 unspecified atom stereocenters. The van der Waals surface area contributed by atoms with E-state index in [2.05, 4.69) is 14.6 Å². The van der Waals surface area contributed by atoms with Gasteiger partial charge in [0.25, 0.3) is 0 Å². The topological polar surface area (TPSA) is 38.7 Å².